The van der Waals surface area contributed by atoms with E-state index >= 15 is 0 Å². The Morgan fingerprint density at radius 3 is 2.25 bits per heavy atom. The molecule has 0 aliphatic carbocycles. The average molecular weight is 169 g/mol. The van der Waals surface area contributed by atoms with E-state index in [1.807, 2.05) is 13.0 Å². The molecule has 0 aliphatic rings. The molecule has 0 amide bonds. The zero-order valence-corrected chi connectivity index (χ0v) is 8.19. The fraction of sp³-hybridized carbons (Fsp3) is 0.600. The summed E-state index contributed by atoms with van der Waals surface area (Å²) in [6.45, 7) is 8.93. The normalized spacial score (nSPS) is 12.1. The van der Waals surface area contributed by atoms with E-state index in [1.54, 1.807) is 4.57 Å². The van der Waals surface area contributed by atoms with Crippen molar-refractivity contribution in [1.82, 2.24) is 4.57 Å². The third kappa shape index (κ3) is 1.52. The molecule has 0 saturated carbocycles. The molecule has 0 radical (unpaired) electrons. The summed E-state index contributed by atoms with van der Waals surface area (Å²) in [5, 5.41) is 0. The highest BCUT2D eigenvalue weighted by molar-refractivity contribution is 5.17. The molecule has 0 bridgehead atoms. The summed E-state index contributed by atoms with van der Waals surface area (Å²) in [4.78, 5) is 0. The number of rotatable bonds is 1. The van der Waals surface area contributed by atoms with E-state index in [4.69, 9.17) is 0 Å². The van der Waals surface area contributed by atoms with E-state index in [1.165, 1.54) is 6.07 Å². The first kappa shape index (κ1) is 9.30. The van der Waals surface area contributed by atoms with Crippen LogP contribution in [0.5, 0.6) is 0 Å². The second-order valence-corrected chi connectivity index (χ2v) is 4.04. The van der Waals surface area contributed by atoms with Gasteiger partial charge in [0, 0.05) is 17.7 Å². The highest BCUT2D eigenvalue weighted by Gasteiger charge is 2.19. The van der Waals surface area contributed by atoms with Crippen LogP contribution in [0.25, 0.3) is 0 Å². The number of hydrogen-bond donors (Lipinski definition) is 0. The van der Waals surface area contributed by atoms with E-state index in [-0.39, 0.29) is 11.4 Å². The maximum absolute atomic E-state index is 13.1. The Morgan fingerprint density at radius 2 is 1.92 bits per heavy atom. The van der Waals surface area contributed by atoms with Gasteiger partial charge in [-0.25, -0.2) is 0 Å². The number of hydrogen-bond acceptors (Lipinski definition) is 0. The third-order valence-corrected chi connectivity index (χ3v) is 2.01. The molecule has 0 aliphatic heterocycles. The monoisotopic (exact) mass is 169 g/mol. The van der Waals surface area contributed by atoms with Gasteiger partial charge in [0.15, 0.2) is 5.95 Å². The number of nitrogens with zero attached hydrogens (tertiary/aromatic N) is 1. The van der Waals surface area contributed by atoms with Crippen molar-refractivity contribution in [2.24, 2.45) is 0 Å². The Labute approximate surface area is 73.2 Å². The van der Waals surface area contributed by atoms with Crippen molar-refractivity contribution in [1.29, 1.82) is 0 Å². The van der Waals surface area contributed by atoms with Crippen molar-refractivity contribution in [2.45, 2.75) is 39.7 Å². The minimum atomic E-state index is -0.137. The first-order valence-electron chi connectivity index (χ1n) is 4.32. The van der Waals surface area contributed by atoms with E-state index in [0.717, 1.165) is 5.69 Å². The molecule has 1 aromatic rings. The van der Waals surface area contributed by atoms with Crippen LogP contribution in [0.4, 0.5) is 4.39 Å². The summed E-state index contributed by atoms with van der Waals surface area (Å²) in [5.41, 5.74) is 1.09. The summed E-state index contributed by atoms with van der Waals surface area (Å²) in [5.74, 6) is -0.137. The minimum absolute atomic E-state index is 0.0281. The number of aromatic nitrogens is 1. The first-order chi connectivity index (χ1) is 5.46. The molecule has 0 N–H and O–H groups in total. The van der Waals surface area contributed by atoms with Gasteiger partial charge in [0.25, 0.3) is 0 Å². The standard InChI is InChI=1S/C10H16FN/c1-5-12-8(10(2,3)4)6-7-9(12)11/h6-7H,5H2,1-4H3. The molecule has 1 rings (SSSR count). The molecule has 1 nitrogen and oxygen atoms in total. The number of halogens is 1. The van der Waals surface area contributed by atoms with E-state index in [0.29, 0.717) is 6.54 Å². The zero-order valence-electron chi connectivity index (χ0n) is 8.19. The molecule has 2 heteroatoms. The van der Waals surface area contributed by atoms with E-state index in [2.05, 4.69) is 20.8 Å². The molecule has 0 spiro atoms. The molecule has 0 atom stereocenters. The van der Waals surface area contributed by atoms with Gasteiger partial charge in [-0.05, 0) is 19.1 Å². The van der Waals surface area contributed by atoms with Crippen LogP contribution in [0.15, 0.2) is 12.1 Å². The van der Waals surface area contributed by atoms with Gasteiger partial charge in [0.1, 0.15) is 0 Å². The maximum atomic E-state index is 13.1. The predicted molar refractivity (Wildman–Crippen MR) is 48.8 cm³/mol. The highest BCUT2D eigenvalue weighted by atomic mass is 19.1. The third-order valence-electron chi connectivity index (χ3n) is 2.01. The smallest absolute Gasteiger partial charge is 0.193 e. The van der Waals surface area contributed by atoms with Gasteiger partial charge in [-0.1, -0.05) is 20.8 Å². The van der Waals surface area contributed by atoms with Crippen LogP contribution in [-0.4, -0.2) is 4.57 Å². The van der Waals surface area contributed by atoms with Crippen molar-refractivity contribution < 1.29 is 4.39 Å². The van der Waals surface area contributed by atoms with Crippen LogP contribution >= 0.6 is 0 Å². The van der Waals surface area contributed by atoms with Crippen LogP contribution in [0.3, 0.4) is 0 Å². The molecule has 0 unspecified atom stereocenters. The van der Waals surface area contributed by atoms with Crippen LogP contribution in [0.1, 0.15) is 33.4 Å². The van der Waals surface area contributed by atoms with Gasteiger partial charge in [-0.15, -0.1) is 0 Å². The molecule has 0 fully saturated rings. The lowest BCUT2D eigenvalue weighted by Gasteiger charge is -2.20. The molecule has 12 heavy (non-hydrogen) atoms. The molecule has 1 heterocycles. The average Bonchev–Trinajstić information content (AvgIpc) is 2.29. The van der Waals surface area contributed by atoms with Crippen molar-refractivity contribution in [2.75, 3.05) is 0 Å². The van der Waals surface area contributed by atoms with Crippen LogP contribution in [-0.2, 0) is 12.0 Å². The van der Waals surface area contributed by atoms with E-state index < -0.39 is 0 Å². The van der Waals surface area contributed by atoms with Crippen LogP contribution in [0, 0.1) is 5.95 Å². The lowest BCUT2D eigenvalue weighted by molar-refractivity contribution is 0.455. The second kappa shape index (κ2) is 2.92. The van der Waals surface area contributed by atoms with Gasteiger partial charge < -0.3 is 4.57 Å². The van der Waals surface area contributed by atoms with Gasteiger partial charge in [-0.2, -0.15) is 4.39 Å². The molecular formula is C10H16FN. The SMILES string of the molecule is CCn1c(F)ccc1C(C)(C)C. The summed E-state index contributed by atoms with van der Waals surface area (Å²) >= 11 is 0. The largest absolute Gasteiger partial charge is 0.322 e. The fourth-order valence-corrected chi connectivity index (χ4v) is 1.42. The zero-order chi connectivity index (χ0) is 9.35. The molecular weight excluding hydrogens is 153 g/mol. The Hall–Kier alpha value is -0.790. The van der Waals surface area contributed by atoms with Gasteiger partial charge in [0.2, 0.25) is 0 Å². The second-order valence-electron chi connectivity index (χ2n) is 4.04. The lowest BCUT2D eigenvalue weighted by atomic mass is 9.92. The molecule has 0 aromatic carbocycles. The van der Waals surface area contributed by atoms with Crippen LogP contribution < -0.4 is 0 Å². The topological polar surface area (TPSA) is 4.93 Å². The summed E-state index contributed by atoms with van der Waals surface area (Å²) in [6, 6.07) is 3.39. The molecule has 0 saturated heterocycles. The Balaban J connectivity index is 3.16. The minimum Gasteiger partial charge on any atom is -0.322 e. The van der Waals surface area contributed by atoms with Crippen molar-refractivity contribution in [3.63, 3.8) is 0 Å². The van der Waals surface area contributed by atoms with Gasteiger partial charge in [-0.3, -0.25) is 0 Å². The molecule has 1 aromatic heterocycles. The van der Waals surface area contributed by atoms with E-state index in [9.17, 15) is 4.39 Å². The van der Waals surface area contributed by atoms with Crippen molar-refractivity contribution in [3.8, 4) is 0 Å². The first-order valence-corrected chi connectivity index (χ1v) is 4.32. The van der Waals surface area contributed by atoms with Crippen LogP contribution in [0.2, 0.25) is 0 Å². The predicted octanol–water partition coefficient (Wildman–Crippen LogP) is 2.94. The summed E-state index contributed by atoms with van der Waals surface area (Å²) in [6.07, 6.45) is 0. The maximum Gasteiger partial charge on any atom is 0.193 e. The van der Waals surface area contributed by atoms with Gasteiger partial charge in [0.05, 0.1) is 0 Å². The summed E-state index contributed by atoms with van der Waals surface area (Å²) < 4.78 is 14.8. The molecule has 68 valence electrons. The Morgan fingerprint density at radius 1 is 1.33 bits per heavy atom. The van der Waals surface area contributed by atoms with Gasteiger partial charge >= 0.3 is 0 Å². The Bertz CT molecular complexity index is 268. The lowest BCUT2D eigenvalue weighted by Crippen LogP contribution is -2.17. The highest BCUT2D eigenvalue weighted by Crippen LogP contribution is 2.23. The Kier molecular flexibility index (Phi) is 2.27. The summed E-state index contributed by atoms with van der Waals surface area (Å²) in [7, 11) is 0. The van der Waals surface area contributed by atoms with Crippen molar-refractivity contribution >= 4 is 0 Å². The fourth-order valence-electron chi connectivity index (χ4n) is 1.42. The van der Waals surface area contributed by atoms with Crippen molar-refractivity contribution in [3.05, 3.63) is 23.8 Å². The quantitative estimate of drug-likeness (QED) is 0.609.